The van der Waals surface area contributed by atoms with Crippen molar-refractivity contribution in [2.24, 2.45) is 5.73 Å². The van der Waals surface area contributed by atoms with E-state index in [2.05, 4.69) is 0 Å². The summed E-state index contributed by atoms with van der Waals surface area (Å²) in [6.07, 6.45) is 3.36. The Balaban J connectivity index is 3.00. The van der Waals surface area contributed by atoms with Gasteiger partial charge in [-0.2, -0.15) is 0 Å². The first kappa shape index (κ1) is 8.62. The minimum Gasteiger partial charge on any atom is -0.504 e. The average molecular weight is 165 g/mol. The first-order valence-electron chi connectivity index (χ1n) is 3.63. The molecule has 0 aliphatic rings. The number of hydrogen-bond acceptors (Lipinski definition) is 3. The Hall–Kier alpha value is -1.48. The quantitative estimate of drug-likeness (QED) is 0.574. The Morgan fingerprint density at radius 2 is 2.08 bits per heavy atom. The second-order valence-corrected chi connectivity index (χ2v) is 2.35. The summed E-state index contributed by atoms with van der Waals surface area (Å²) in [6, 6.07) is 4.78. The number of phenolic OH excluding ortho intramolecular Hbond substituents is 2. The lowest BCUT2D eigenvalue weighted by Crippen LogP contribution is -1.91. The molecule has 0 saturated heterocycles. The fraction of sp³-hybridized carbons (Fsp3) is 0.111. The summed E-state index contributed by atoms with van der Waals surface area (Å²) in [5.74, 6) is -0.226. The van der Waals surface area contributed by atoms with Gasteiger partial charge in [-0.05, 0) is 6.07 Å². The summed E-state index contributed by atoms with van der Waals surface area (Å²) < 4.78 is 0. The average Bonchev–Trinajstić information content (AvgIpc) is 2.08. The van der Waals surface area contributed by atoms with Gasteiger partial charge in [0, 0.05) is 12.1 Å². The van der Waals surface area contributed by atoms with E-state index < -0.39 is 0 Å². The third-order valence-electron chi connectivity index (χ3n) is 1.48. The fourth-order valence-electron chi connectivity index (χ4n) is 0.878. The van der Waals surface area contributed by atoms with Crippen LogP contribution in [0.4, 0.5) is 0 Å². The van der Waals surface area contributed by atoms with E-state index in [-0.39, 0.29) is 11.5 Å². The molecule has 3 nitrogen and oxygen atoms in total. The molecule has 12 heavy (non-hydrogen) atoms. The maximum Gasteiger partial charge on any atom is 0.164 e. The summed E-state index contributed by atoms with van der Waals surface area (Å²) in [6.45, 7) is 0.412. The predicted octanol–water partition coefficient (Wildman–Crippen LogP) is 1.07. The third kappa shape index (κ3) is 1.77. The molecule has 1 rings (SSSR count). The van der Waals surface area contributed by atoms with Gasteiger partial charge in [-0.3, -0.25) is 0 Å². The zero-order valence-corrected chi connectivity index (χ0v) is 6.57. The lowest BCUT2D eigenvalue weighted by molar-refractivity contribution is 0.403. The van der Waals surface area contributed by atoms with E-state index in [0.717, 1.165) is 0 Å². The van der Waals surface area contributed by atoms with E-state index in [0.29, 0.717) is 12.1 Å². The number of nitrogens with two attached hydrogens (primary N) is 1. The summed E-state index contributed by atoms with van der Waals surface area (Å²) in [5, 5.41) is 18.4. The SMILES string of the molecule is NCC=Cc1cccc(O)c1O. The molecule has 0 unspecified atom stereocenters. The molecule has 4 N–H and O–H groups in total. The standard InChI is InChI=1S/C9H11NO2/c10-6-2-4-7-3-1-5-8(11)9(7)12/h1-5,11-12H,6,10H2. The van der Waals surface area contributed by atoms with Crippen LogP contribution in [0.15, 0.2) is 24.3 Å². The molecule has 3 heteroatoms. The summed E-state index contributed by atoms with van der Waals surface area (Å²) >= 11 is 0. The third-order valence-corrected chi connectivity index (χ3v) is 1.48. The van der Waals surface area contributed by atoms with Crippen LogP contribution in [0.3, 0.4) is 0 Å². The van der Waals surface area contributed by atoms with Crippen LogP contribution in [-0.2, 0) is 0 Å². The van der Waals surface area contributed by atoms with Crippen molar-refractivity contribution in [3.05, 3.63) is 29.8 Å². The predicted molar refractivity (Wildman–Crippen MR) is 47.9 cm³/mol. The van der Waals surface area contributed by atoms with E-state index >= 15 is 0 Å². The largest absolute Gasteiger partial charge is 0.504 e. The molecule has 1 aromatic carbocycles. The van der Waals surface area contributed by atoms with E-state index in [1.54, 1.807) is 24.3 Å². The van der Waals surface area contributed by atoms with Crippen molar-refractivity contribution in [3.8, 4) is 11.5 Å². The van der Waals surface area contributed by atoms with Gasteiger partial charge in [0.05, 0.1) is 0 Å². The highest BCUT2D eigenvalue weighted by atomic mass is 16.3. The number of phenols is 2. The van der Waals surface area contributed by atoms with Gasteiger partial charge >= 0.3 is 0 Å². The molecule has 0 radical (unpaired) electrons. The first-order chi connectivity index (χ1) is 5.75. The van der Waals surface area contributed by atoms with Gasteiger partial charge in [-0.15, -0.1) is 0 Å². The molecule has 0 amide bonds. The molecule has 0 aliphatic heterocycles. The smallest absolute Gasteiger partial charge is 0.164 e. The lowest BCUT2D eigenvalue weighted by Gasteiger charge is -1.99. The van der Waals surface area contributed by atoms with Crippen molar-refractivity contribution in [2.45, 2.75) is 0 Å². The Morgan fingerprint density at radius 1 is 1.33 bits per heavy atom. The molecular weight excluding hydrogens is 154 g/mol. The number of benzene rings is 1. The molecule has 0 bridgehead atoms. The highest BCUT2D eigenvalue weighted by molar-refractivity contribution is 5.61. The number of hydrogen-bond donors (Lipinski definition) is 3. The zero-order chi connectivity index (χ0) is 8.97. The van der Waals surface area contributed by atoms with Crippen LogP contribution in [-0.4, -0.2) is 16.8 Å². The van der Waals surface area contributed by atoms with Crippen LogP contribution in [0.5, 0.6) is 11.5 Å². The normalized spacial score (nSPS) is 10.8. The molecule has 0 atom stereocenters. The lowest BCUT2D eigenvalue weighted by atomic mass is 10.2. The number of rotatable bonds is 2. The molecule has 1 aromatic rings. The highest BCUT2D eigenvalue weighted by Gasteiger charge is 2.00. The second-order valence-electron chi connectivity index (χ2n) is 2.35. The molecular formula is C9H11NO2. The van der Waals surface area contributed by atoms with Crippen LogP contribution in [0.2, 0.25) is 0 Å². The summed E-state index contributed by atoms with van der Waals surface area (Å²) in [7, 11) is 0. The fourth-order valence-corrected chi connectivity index (χ4v) is 0.878. The van der Waals surface area contributed by atoms with Crippen LogP contribution in [0.1, 0.15) is 5.56 Å². The van der Waals surface area contributed by atoms with E-state index in [4.69, 9.17) is 10.8 Å². The van der Waals surface area contributed by atoms with Crippen LogP contribution >= 0.6 is 0 Å². The van der Waals surface area contributed by atoms with Crippen molar-refractivity contribution in [3.63, 3.8) is 0 Å². The van der Waals surface area contributed by atoms with Crippen LogP contribution < -0.4 is 5.73 Å². The minimum atomic E-state index is -0.117. The van der Waals surface area contributed by atoms with Gasteiger partial charge in [0.25, 0.3) is 0 Å². The van der Waals surface area contributed by atoms with Gasteiger partial charge in [0.15, 0.2) is 11.5 Å². The van der Waals surface area contributed by atoms with Gasteiger partial charge in [-0.25, -0.2) is 0 Å². The molecule has 0 aliphatic carbocycles. The van der Waals surface area contributed by atoms with Crippen molar-refractivity contribution < 1.29 is 10.2 Å². The molecule has 64 valence electrons. The number of para-hydroxylation sites is 1. The zero-order valence-electron chi connectivity index (χ0n) is 6.57. The Labute approximate surface area is 70.8 Å². The molecule has 0 spiro atoms. The molecule has 0 fully saturated rings. The number of aromatic hydroxyl groups is 2. The van der Waals surface area contributed by atoms with Crippen LogP contribution in [0.25, 0.3) is 6.08 Å². The maximum atomic E-state index is 9.28. The molecule has 0 heterocycles. The summed E-state index contributed by atoms with van der Waals surface area (Å²) in [5.41, 5.74) is 5.80. The van der Waals surface area contributed by atoms with Crippen molar-refractivity contribution >= 4 is 6.08 Å². The molecule has 0 saturated carbocycles. The highest BCUT2D eigenvalue weighted by Crippen LogP contribution is 2.28. The van der Waals surface area contributed by atoms with Gasteiger partial charge in [-0.1, -0.05) is 24.3 Å². The van der Waals surface area contributed by atoms with Gasteiger partial charge in [0.2, 0.25) is 0 Å². The monoisotopic (exact) mass is 165 g/mol. The maximum absolute atomic E-state index is 9.28. The van der Waals surface area contributed by atoms with E-state index in [1.165, 1.54) is 6.07 Å². The van der Waals surface area contributed by atoms with Gasteiger partial charge in [0.1, 0.15) is 0 Å². The van der Waals surface area contributed by atoms with Crippen molar-refractivity contribution in [1.82, 2.24) is 0 Å². The van der Waals surface area contributed by atoms with Crippen LogP contribution in [0, 0.1) is 0 Å². The van der Waals surface area contributed by atoms with Crippen molar-refractivity contribution in [2.75, 3.05) is 6.54 Å². The van der Waals surface area contributed by atoms with Gasteiger partial charge < -0.3 is 15.9 Å². The second kappa shape index (κ2) is 3.78. The summed E-state index contributed by atoms with van der Waals surface area (Å²) in [4.78, 5) is 0. The Kier molecular flexibility index (Phi) is 2.71. The Bertz CT molecular complexity index is 295. The van der Waals surface area contributed by atoms with E-state index in [9.17, 15) is 5.11 Å². The first-order valence-corrected chi connectivity index (χ1v) is 3.63. The van der Waals surface area contributed by atoms with E-state index in [1.807, 2.05) is 0 Å². The van der Waals surface area contributed by atoms with Crippen molar-refractivity contribution in [1.29, 1.82) is 0 Å². The minimum absolute atomic E-state index is 0.109. The topological polar surface area (TPSA) is 66.5 Å². The molecule has 0 aromatic heterocycles. The Morgan fingerprint density at radius 3 is 2.75 bits per heavy atom.